The number of benzene rings is 1. The largest absolute Gasteiger partial charge is 0.495 e. The van der Waals surface area contributed by atoms with Crippen molar-refractivity contribution in [1.82, 2.24) is 5.32 Å². The summed E-state index contributed by atoms with van der Waals surface area (Å²) in [6.07, 6.45) is 0. The lowest BCUT2D eigenvalue weighted by atomic mass is 10.2. The molecule has 0 atom stereocenters. The SMILES string of the molecule is CCNC(=O)CNc1cc(C)ccc1OC. The molecule has 88 valence electrons. The monoisotopic (exact) mass is 222 g/mol. The van der Waals surface area contributed by atoms with E-state index in [2.05, 4.69) is 10.6 Å². The fourth-order valence-corrected chi connectivity index (χ4v) is 1.40. The van der Waals surface area contributed by atoms with E-state index in [1.807, 2.05) is 32.0 Å². The minimum atomic E-state index is -0.0222. The number of anilines is 1. The maximum Gasteiger partial charge on any atom is 0.239 e. The van der Waals surface area contributed by atoms with Gasteiger partial charge < -0.3 is 15.4 Å². The molecule has 0 unspecified atom stereocenters. The smallest absolute Gasteiger partial charge is 0.239 e. The number of likely N-dealkylation sites (N-methyl/N-ethyl adjacent to an activating group) is 1. The van der Waals surface area contributed by atoms with E-state index in [4.69, 9.17) is 4.74 Å². The third kappa shape index (κ3) is 3.46. The minimum Gasteiger partial charge on any atom is -0.495 e. The Labute approximate surface area is 96.0 Å². The van der Waals surface area contributed by atoms with Crippen LogP contribution in [0.3, 0.4) is 0 Å². The van der Waals surface area contributed by atoms with Gasteiger partial charge in [0.25, 0.3) is 0 Å². The van der Waals surface area contributed by atoms with E-state index in [1.54, 1.807) is 7.11 Å². The van der Waals surface area contributed by atoms with Crippen LogP contribution >= 0.6 is 0 Å². The van der Waals surface area contributed by atoms with Crippen LogP contribution in [0.5, 0.6) is 5.75 Å². The predicted molar refractivity (Wildman–Crippen MR) is 64.9 cm³/mol. The number of rotatable bonds is 5. The zero-order valence-electron chi connectivity index (χ0n) is 9.96. The highest BCUT2D eigenvalue weighted by atomic mass is 16.5. The summed E-state index contributed by atoms with van der Waals surface area (Å²) in [5.74, 6) is 0.723. The number of ether oxygens (including phenoxy) is 1. The standard InChI is InChI=1S/C12H18N2O2/c1-4-13-12(15)8-14-10-7-9(2)5-6-11(10)16-3/h5-7,14H,4,8H2,1-3H3,(H,13,15). The Morgan fingerprint density at radius 1 is 1.44 bits per heavy atom. The first-order valence-corrected chi connectivity index (χ1v) is 5.32. The molecule has 0 radical (unpaired) electrons. The molecule has 1 aromatic rings. The molecular formula is C12H18N2O2. The Kier molecular flexibility index (Phi) is 4.64. The van der Waals surface area contributed by atoms with Gasteiger partial charge in [0.2, 0.25) is 5.91 Å². The second kappa shape index (κ2) is 6.00. The zero-order chi connectivity index (χ0) is 12.0. The molecule has 0 aliphatic rings. The third-order valence-electron chi connectivity index (χ3n) is 2.17. The molecule has 1 aromatic carbocycles. The first kappa shape index (κ1) is 12.4. The molecule has 0 saturated heterocycles. The molecule has 0 spiro atoms. The van der Waals surface area contributed by atoms with Gasteiger partial charge in [0.15, 0.2) is 0 Å². The number of carbonyl (C=O) groups is 1. The fraction of sp³-hybridized carbons (Fsp3) is 0.417. The maximum absolute atomic E-state index is 11.3. The molecule has 4 nitrogen and oxygen atoms in total. The zero-order valence-corrected chi connectivity index (χ0v) is 9.96. The van der Waals surface area contributed by atoms with Crippen molar-refractivity contribution in [2.75, 3.05) is 25.5 Å². The third-order valence-corrected chi connectivity index (χ3v) is 2.17. The molecule has 2 N–H and O–H groups in total. The van der Waals surface area contributed by atoms with E-state index in [9.17, 15) is 4.79 Å². The summed E-state index contributed by atoms with van der Waals surface area (Å²) in [6.45, 7) is 4.79. The van der Waals surface area contributed by atoms with Crippen molar-refractivity contribution in [2.24, 2.45) is 0 Å². The van der Waals surface area contributed by atoms with Crippen molar-refractivity contribution in [1.29, 1.82) is 0 Å². The average molecular weight is 222 g/mol. The van der Waals surface area contributed by atoms with Gasteiger partial charge in [0, 0.05) is 6.54 Å². The van der Waals surface area contributed by atoms with Crippen LogP contribution in [0, 0.1) is 6.92 Å². The van der Waals surface area contributed by atoms with E-state index in [1.165, 1.54) is 0 Å². The summed E-state index contributed by atoms with van der Waals surface area (Å²) in [4.78, 5) is 11.3. The van der Waals surface area contributed by atoms with Crippen molar-refractivity contribution in [3.05, 3.63) is 23.8 Å². The quantitative estimate of drug-likeness (QED) is 0.794. The summed E-state index contributed by atoms with van der Waals surface area (Å²) in [5, 5.41) is 5.78. The predicted octanol–water partition coefficient (Wildman–Crippen LogP) is 1.55. The highest BCUT2D eigenvalue weighted by Gasteiger charge is 2.04. The Morgan fingerprint density at radius 2 is 2.19 bits per heavy atom. The second-order valence-corrected chi connectivity index (χ2v) is 3.51. The molecule has 0 fully saturated rings. The molecule has 0 aliphatic carbocycles. The minimum absolute atomic E-state index is 0.0222. The van der Waals surface area contributed by atoms with E-state index in [0.717, 1.165) is 17.0 Å². The van der Waals surface area contributed by atoms with Crippen LogP contribution in [0.4, 0.5) is 5.69 Å². The van der Waals surface area contributed by atoms with Crippen LogP contribution in [0.25, 0.3) is 0 Å². The Balaban J connectivity index is 2.65. The van der Waals surface area contributed by atoms with Crippen LogP contribution in [0.15, 0.2) is 18.2 Å². The molecule has 0 heterocycles. The second-order valence-electron chi connectivity index (χ2n) is 3.51. The molecule has 1 rings (SSSR count). The molecule has 0 aliphatic heterocycles. The highest BCUT2D eigenvalue weighted by molar-refractivity contribution is 5.81. The molecular weight excluding hydrogens is 204 g/mol. The maximum atomic E-state index is 11.3. The Morgan fingerprint density at radius 3 is 2.81 bits per heavy atom. The Bertz CT molecular complexity index is 364. The summed E-state index contributed by atoms with van der Waals surface area (Å²) in [7, 11) is 1.61. The van der Waals surface area contributed by atoms with Crippen LogP contribution in [0.1, 0.15) is 12.5 Å². The van der Waals surface area contributed by atoms with Gasteiger partial charge >= 0.3 is 0 Å². The molecule has 0 saturated carbocycles. The topological polar surface area (TPSA) is 50.4 Å². The van der Waals surface area contributed by atoms with Gasteiger partial charge in [-0.05, 0) is 31.5 Å². The lowest BCUT2D eigenvalue weighted by molar-refractivity contribution is -0.119. The molecule has 16 heavy (non-hydrogen) atoms. The van der Waals surface area contributed by atoms with Crippen molar-refractivity contribution < 1.29 is 9.53 Å². The van der Waals surface area contributed by atoms with Gasteiger partial charge in [-0.2, -0.15) is 0 Å². The number of aryl methyl sites for hydroxylation is 1. The number of hydrogen-bond donors (Lipinski definition) is 2. The van der Waals surface area contributed by atoms with E-state index in [-0.39, 0.29) is 12.5 Å². The summed E-state index contributed by atoms with van der Waals surface area (Å²) >= 11 is 0. The number of carbonyl (C=O) groups excluding carboxylic acids is 1. The van der Waals surface area contributed by atoms with Crippen molar-refractivity contribution >= 4 is 11.6 Å². The van der Waals surface area contributed by atoms with Gasteiger partial charge in [0.05, 0.1) is 19.3 Å². The lowest BCUT2D eigenvalue weighted by Gasteiger charge is -2.11. The lowest BCUT2D eigenvalue weighted by Crippen LogP contribution is -2.29. The van der Waals surface area contributed by atoms with Crippen molar-refractivity contribution in [2.45, 2.75) is 13.8 Å². The number of methoxy groups -OCH3 is 1. The first-order chi connectivity index (χ1) is 7.67. The van der Waals surface area contributed by atoms with Gasteiger partial charge in [-0.3, -0.25) is 4.79 Å². The Hall–Kier alpha value is -1.71. The molecule has 0 bridgehead atoms. The van der Waals surface area contributed by atoms with Gasteiger partial charge in [-0.15, -0.1) is 0 Å². The van der Waals surface area contributed by atoms with Gasteiger partial charge in [-0.25, -0.2) is 0 Å². The van der Waals surface area contributed by atoms with Crippen LogP contribution in [0.2, 0.25) is 0 Å². The van der Waals surface area contributed by atoms with Crippen molar-refractivity contribution in [3.8, 4) is 5.75 Å². The van der Waals surface area contributed by atoms with E-state index >= 15 is 0 Å². The first-order valence-electron chi connectivity index (χ1n) is 5.32. The molecule has 0 aromatic heterocycles. The van der Waals surface area contributed by atoms with E-state index < -0.39 is 0 Å². The summed E-state index contributed by atoms with van der Waals surface area (Å²) < 4.78 is 5.20. The fourth-order valence-electron chi connectivity index (χ4n) is 1.40. The summed E-state index contributed by atoms with van der Waals surface area (Å²) in [6, 6.07) is 5.81. The van der Waals surface area contributed by atoms with Gasteiger partial charge in [-0.1, -0.05) is 6.07 Å². The highest BCUT2D eigenvalue weighted by Crippen LogP contribution is 2.24. The summed E-state index contributed by atoms with van der Waals surface area (Å²) in [5.41, 5.74) is 1.97. The van der Waals surface area contributed by atoms with Crippen LogP contribution < -0.4 is 15.4 Å². The molecule has 4 heteroatoms. The molecule has 1 amide bonds. The van der Waals surface area contributed by atoms with Crippen LogP contribution in [-0.2, 0) is 4.79 Å². The van der Waals surface area contributed by atoms with Crippen LogP contribution in [-0.4, -0.2) is 26.1 Å². The normalized spacial score (nSPS) is 9.69. The van der Waals surface area contributed by atoms with Crippen molar-refractivity contribution in [3.63, 3.8) is 0 Å². The average Bonchev–Trinajstić information content (AvgIpc) is 2.27. The van der Waals surface area contributed by atoms with Gasteiger partial charge in [0.1, 0.15) is 5.75 Å². The number of nitrogens with one attached hydrogen (secondary N) is 2. The number of amides is 1. The van der Waals surface area contributed by atoms with E-state index in [0.29, 0.717) is 6.54 Å². The number of hydrogen-bond acceptors (Lipinski definition) is 3.